The Kier molecular flexibility index (Phi) is 12.0. The number of hydrogen-bond donors (Lipinski definition) is 2. The van der Waals surface area contributed by atoms with Crippen molar-refractivity contribution >= 4 is 51.6 Å². The lowest BCUT2D eigenvalue weighted by molar-refractivity contribution is 0.00578. The van der Waals surface area contributed by atoms with E-state index in [0.717, 1.165) is 98.5 Å². The summed E-state index contributed by atoms with van der Waals surface area (Å²) in [5, 5.41) is 0. The predicted molar refractivity (Wildman–Crippen MR) is 209 cm³/mol. The molecule has 0 aromatic carbocycles. The zero-order valence-corrected chi connectivity index (χ0v) is 33.1. The first-order chi connectivity index (χ1) is 23.5. The molecule has 4 N–H and O–H groups in total. The van der Waals surface area contributed by atoms with Crippen molar-refractivity contribution in [3.8, 4) is 0 Å². The van der Waals surface area contributed by atoms with Gasteiger partial charge in [0.1, 0.15) is 11.6 Å². The van der Waals surface area contributed by atoms with Gasteiger partial charge in [-0.25, -0.2) is 9.97 Å². The number of ether oxygens (including phenoxy) is 2. The van der Waals surface area contributed by atoms with Crippen LogP contribution in [-0.4, -0.2) is 80.9 Å². The van der Waals surface area contributed by atoms with Crippen LogP contribution < -0.4 is 21.3 Å². The molecule has 2 aliphatic carbocycles. The molecule has 50 heavy (non-hydrogen) atoms. The monoisotopic (exact) mass is 752 g/mol. The first kappa shape index (κ1) is 38.6. The van der Waals surface area contributed by atoms with E-state index in [1.807, 2.05) is 18.3 Å². The Hall–Kier alpha value is -2.64. The summed E-state index contributed by atoms with van der Waals surface area (Å²) in [5.41, 5.74) is 17.4. The van der Waals surface area contributed by atoms with Crippen LogP contribution in [0.1, 0.15) is 86.6 Å². The standard InChI is InChI=1S/C16H23N3O.C13H23BO2.C9H12BrN3O/c1-16(2)5-3-4-13(16)12-11-18-15(10-14(12)17)19-6-8-20-9-7-19;1-11(2)9-7-8-10(11)14-15-12(3,4)13(5,6)16-14;10-7-6-12-9(5-8(7)11)13-1-3-14-4-2-13/h4,10-11H,3,5-9H2,1-2H3,(H2,17,18);8H,7,9H2,1-6H3;5-6H,1-4H2,(H2,11,12). The second kappa shape index (κ2) is 15.5. The summed E-state index contributed by atoms with van der Waals surface area (Å²) in [6, 6.07) is 3.89. The van der Waals surface area contributed by atoms with Gasteiger partial charge in [0.2, 0.25) is 0 Å². The highest BCUT2D eigenvalue weighted by Gasteiger charge is 2.54. The Morgan fingerprint density at radius 2 is 1.16 bits per heavy atom. The molecule has 10 nitrogen and oxygen atoms in total. The molecule has 0 spiro atoms. The molecule has 0 saturated carbocycles. The van der Waals surface area contributed by atoms with Gasteiger partial charge >= 0.3 is 7.12 Å². The maximum atomic E-state index is 6.29. The van der Waals surface area contributed by atoms with Crippen LogP contribution in [0.2, 0.25) is 0 Å². The maximum Gasteiger partial charge on any atom is 0.490 e. The summed E-state index contributed by atoms with van der Waals surface area (Å²) in [7, 11) is -0.150. The normalized spacial score (nSPS) is 23.3. The number of hydrogen-bond acceptors (Lipinski definition) is 10. The molecule has 5 heterocycles. The van der Waals surface area contributed by atoms with Crippen molar-refractivity contribution in [2.45, 2.75) is 92.3 Å². The van der Waals surface area contributed by atoms with E-state index < -0.39 is 0 Å². The minimum atomic E-state index is -0.225. The van der Waals surface area contributed by atoms with Crippen LogP contribution in [0, 0.1) is 10.8 Å². The average Bonchev–Trinajstić information content (AvgIpc) is 3.69. The number of anilines is 4. The molecule has 0 unspecified atom stereocenters. The number of pyridine rings is 2. The summed E-state index contributed by atoms with van der Waals surface area (Å²) < 4.78 is 23.7. The molecule has 2 aromatic rings. The van der Waals surface area contributed by atoms with Crippen LogP contribution in [-0.2, 0) is 18.8 Å². The van der Waals surface area contributed by atoms with Gasteiger partial charge in [-0.15, -0.1) is 0 Å². The van der Waals surface area contributed by atoms with E-state index in [9.17, 15) is 0 Å². The number of aromatic nitrogens is 2. The van der Waals surface area contributed by atoms with Crippen molar-refractivity contribution in [2.24, 2.45) is 10.8 Å². The second-order valence-corrected chi connectivity index (χ2v) is 17.0. The fraction of sp³-hybridized carbons (Fsp3) is 0.632. The number of rotatable bonds is 4. The fourth-order valence-corrected chi connectivity index (χ4v) is 7.13. The smallest absolute Gasteiger partial charge is 0.400 e. The molecule has 3 aliphatic heterocycles. The van der Waals surface area contributed by atoms with Gasteiger partial charge in [0.25, 0.3) is 0 Å². The Morgan fingerprint density at radius 3 is 1.60 bits per heavy atom. The van der Waals surface area contributed by atoms with Gasteiger partial charge in [-0.3, -0.25) is 0 Å². The fourth-order valence-electron chi connectivity index (χ4n) is 6.92. The van der Waals surface area contributed by atoms with Crippen LogP contribution in [0.15, 0.2) is 46.6 Å². The van der Waals surface area contributed by atoms with Crippen LogP contribution in [0.25, 0.3) is 5.57 Å². The van der Waals surface area contributed by atoms with Gasteiger partial charge in [-0.05, 0) is 91.2 Å². The second-order valence-electron chi connectivity index (χ2n) is 16.1. The van der Waals surface area contributed by atoms with Crippen LogP contribution in [0.4, 0.5) is 23.0 Å². The topological polar surface area (TPSA) is 121 Å². The van der Waals surface area contributed by atoms with Crippen molar-refractivity contribution in [3.05, 3.63) is 52.2 Å². The van der Waals surface area contributed by atoms with Gasteiger partial charge < -0.3 is 40.0 Å². The molecule has 2 aromatic heterocycles. The lowest BCUT2D eigenvalue weighted by atomic mass is 9.65. The van der Waals surface area contributed by atoms with E-state index >= 15 is 0 Å². The number of halogens is 1. The summed E-state index contributed by atoms with van der Waals surface area (Å²) in [6.45, 7) is 24.1. The zero-order valence-electron chi connectivity index (χ0n) is 31.5. The van der Waals surface area contributed by atoms with Crippen molar-refractivity contribution in [1.29, 1.82) is 0 Å². The molecule has 0 amide bonds. The van der Waals surface area contributed by atoms with Crippen molar-refractivity contribution < 1.29 is 18.8 Å². The summed E-state index contributed by atoms with van der Waals surface area (Å²) in [5.74, 6) is 1.89. The molecule has 0 bridgehead atoms. The van der Waals surface area contributed by atoms with Gasteiger partial charge in [0.15, 0.2) is 0 Å². The van der Waals surface area contributed by atoms with Crippen molar-refractivity contribution in [3.63, 3.8) is 0 Å². The zero-order chi connectivity index (χ0) is 36.3. The maximum absolute atomic E-state index is 6.29. The third-order valence-corrected chi connectivity index (χ3v) is 11.7. The lowest BCUT2D eigenvalue weighted by Crippen LogP contribution is -2.41. The molecular weight excluding hydrogens is 695 g/mol. The SMILES string of the molecule is CC1(C)CCC=C1B1OC(C)(C)C(C)(C)O1.CC1(C)CCC=C1c1cnc(N2CCOCC2)cc1N.Nc1cc(N2CCOCC2)ncc1Br. The number of morpholine rings is 2. The number of allylic oxidation sites excluding steroid dienone is 4. The molecule has 0 radical (unpaired) electrons. The third kappa shape index (κ3) is 8.86. The number of nitrogens with two attached hydrogens (primary N) is 2. The molecule has 7 rings (SSSR count). The number of nitrogen functional groups attached to an aromatic ring is 2. The molecule has 3 fully saturated rings. The van der Waals surface area contributed by atoms with Gasteiger partial charge in [-0.1, -0.05) is 39.8 Å². The summed E-state index contributed by atoms with van der Waals surface area (Å²) in [4.78, 5) is 13.3. The van der Waals surface area contributed by atoms with E-state index in [1.165, 1.54) is 23.9 Å². The molecule has 3 saturated heterocycles. The largest absolute Gasteiger partial charge is 0.490 e. The highest BCUT2D eigenvalue weighted by atomic mass is 79.9. The van der Waals surface area contributed by atoms with Crippen LogP contribution >= 0.6 is 15.9 Å². The predicted octanol–water partition coefficient (Wildman–Crippen LogP) is 7.33. The van der Waals surface area contributed by atoms with Crippen LogP contribution in [0.5, 0.6) is 0 Å². The van der Waals surface area contributed by atoms with E-state index in [-0.39, 0.29) is 29.2 Å². The molecule has 5 aliphatic rings. The minimum absolute atomic E-state index is 0.150. The van der Waals surface area contributed by atoms with Gasteiger partial charge in [-0.2, -0.15) is 0 Å². The minimum Gasteiger partial charge on any atom is -0.400 e. The van der Waals surface area contributed by atoms with Crippen molar-refractivity contribution in [2.75, 3.05) is 73.9 Å². The first-order valence-electron chi connectivity index (χ1n) is 18.1. The van der Waals surface area contributed by atoms with Gasteiger partial charge in [0.05, 0.1) is 47.8 Å². The summed E-state index contributed by atoms with van der Waals surface area (Å²) in [6.07, 6.45) is 12.9. The summed E-state index contributed by atoms with van der Waals surface area (Å²) >= 11 is 3.32. The van der Waals surface area contributed by atoms with E-state index in [2.05, 4.69) is 103 Å². The molecule has 12 heteroatoms. The Bertz CT molecular complexity index is 1530. The first-order valence-corrected chi connectivity index (χ1v) is 18.9. The van der Waals surface area contributed by atoms with E-state index in [0.29, 0.717) is 0 Å². The quantitative estimate of drug-likeness (QED) is 0.307. The van der Waals surface area contributed by atoms with E-state index in [1.54, 1.807) is 6.20 Å². The Balaban J connectivity index is 0.000000148. The third-order valence-electron chi connectivity index (χ3n) is 11.0. The van der Waals surface area contributed by atoms with Crippen LogP contribution in [0.3, 0.4) is 0 Å². The lowest BCUT2D eigenvalue weighted by Gasteiger charge is -2.32. The van der Waals surface area contributed by atoms with Crippen molar-refractivity contribution in [1.82, 2.24) is 9.97 Å². The Morgan fingerprint density at radius 1 is 0.680 bits per heavy atom. The van der Waals surface area contributed by atoms with Gasteiger partial charge in [0, 0.05) is 62.0 Å². The Labute approximate surface area is 308 Å². The molecule has 274 valence electrons. The molecule has 0 atom stereocenters. The highest BCUT2D eigenvalue weighted by Crippen LogP contribution is 2.47. The average molecular weight is 754 g/mol. The molecular formula is C38H58BBrN6O4. The van der Waals surface area contributed by atoms with E-state index in [4.69, 9.17) is 30.2 Å². The highest BCUT2D eigenvalue weighted by molar-refractivity contribution is 9.10. The number of nitrogens with zero attached hydrogens (tertiary/aromatic N) is 4.